The van der Waals surface area contributed by atoms with Crippen molar-refractivity contribution >= 4 is 5.97 Å². The Morgan fingerprint density at radius 1 is 1.14 bits per heavy atom. The van der Waals surface area contributed by atoms with E-state index in [1.807, 2.05) is 42.5 Å². The smallest absolute Gasteiger partial charge is 0.325 e. The third kappa shape index (κ3) is 4.07. The van der Waals surface area contributed by atoms with Gasteiger partial charge < -0.3 is 9.84 Å². The zero-order valence-electron chi connectivity index (χ0n) is 14.8. The number of aliphatic carboxylic acids is 1. The maximum Gasteiger partial charge on any atom is 0.325 e. The van der Waals surface area contributed by atoms with Gasteiger partial charge in [-0.05, 0) is 35.4 Å². The molecule has 28 heavy (non-hydrogen) atoms. The molecule has 0 bridgehead atoms. The van der Waals surface area contributed by atoms with E-state index in [4.69, 9.17) is 9.84 Å². The van der Waals surface area contributed by atoms with E-state index in [-0.39, 0.29) is 6.54 Å². The van der Waals surface area contributed by atoms with Crippen LogP contribution in [0.5, 0.6) is 5.75 Å². The normalized spacial score (nSPS) is 10.7. The third-order valence-corrected chi connectivity index (χ3v) is 4.11. The lowest BCUT2D eigenvalue weighted by Crippen LogP contribution is -2.08. The summed E-state index contributed by atoms with van der Waals surface area (Å²) in [6, 6.07) is 13.4. The van der Waals surface area contributed by atoms with E-state index in [9.17, 15) is 4.79 Å². The molecule has 0 fully saturated rings. The molecule has 0 radical (unpaired) electrons. The van der Waals surface area contributed by atoms with Crippen molar-refractivity contribution in [2.24, 2.45) is 0 Å². The number of benzene rings is 1. The third-order valence-electron chi connectivity index (χ3n) is 4.11. The number of nitrogens with zero attached hydrogens (tertiary/aromatic N) is 4. The highest BCUT2D eigenvalue weighted by molar-refractivity contribution is 5.67. The zero-order valence-corrected chi connectivity index (χ0v) is 14.8. The molecule has 1 aromatic carbocycles. The number of hydrogen-bond acceptors (Lipinski definition) is 5. The molecule has 2 N–H and O–H groups in total. The van der Waals surface area contributed by atoms with Crippen LogP contribution in [-0.2, 0) is 17.9 Å². The number of carbonyl (C=O) groups is 1. The second-order valence-corrected chi connectivity index (χ2v) is 6.16. The Balaban J connectivity index is 1.42. The Hall–Kier alpha value is -3.94. The van der Waals surface area contributed by atoms with Crippen molar-refractivity contribution < 1.29 is 14.6 Å². The molecule has 0 aliphatic rings. The van der Waals surface area contributed by atoms with Gasteiger partial charge in [0.1, 0.15) is 18.9 Å². The Bertz CT molecular complexity index is 1070. The molecule has 140 valence electrons. The highest BCUT2D eigenvalue weighted by Gasteiger charge is 2.06. The van der Waals surface area contributed by atoms with E-state index in [1.165, 1.54) is 4.68 Å². The first-order chi connectivity index (χ1) is 13.7. The Labute approximate surface area is 160 Å². The van der Waals surface area contributed by atoms with Crippen molar-refractivity contribution in [3.05, 3.63) is 72.8 Å². The van der Waals surface area contributed by atoms with Gasteiger partial charge in [0.15, 0.2) is 0 Å². The summed E-state index contributed by atoms with van der Waals surface area (Å²) in [5.41, 5.74) is 4.44. The van der Waals surface area contributed by atoms with E-state index in [0.717, 1.165) is 28.1 Å². The fraction of sp³-hybridized carbons (Fsp3) is 0.100. The summed E-state index contributed by atoms with van der Waals surface area (Å²) in [5, 5.41) is 19.7. The molecule has 0 saturated heterocycles. The number of carboxylic acids is 1. The molecule has 8 nitrogen and oxygen atoms in total. The minimum Gasteiger partial charge on any atom is -0.487 e. The van der Waals surface area contributed by atoms with Crippen LogP contribution in [0, 0.1) is 0 Å². The standard InChI is InChI=1S/C20H17N5O3/c26-20(27)12-25-11-16(9-23-25)15-3-1-2-14(8-15)13-28-17-4-5-18(21-10-17)19-6-7-22-24-19/h1-11H,12-13H2,(H,22,24)(H,26,27). The van der Waals surface area contributed by atoms with E-state index in [2.05, 4.69) is 20.3 Å². The largest absolute Gasteiger partial charge is 0.487 e. The van der Waals surface area contributed by atoms with Crippen molar-refractivity contribution in [2.45, 2.75) is 13.2 Å². The van der Waals surface area contributed by atoms with Gasteiger partial charge in [0.05, 0.1) is 23.8 Å². The number of nitrogens with one attached hydrogen (secondary N) is 1. The zero-order chi connectivity index (χ0) is 19.3. The predicted octanol–water partition coefficient (Wildman–Crippen LogP) is 3.00. The predicted molar refractivity (Wildman–Crippen MR) is 101 cm³/mol. The number of aromatic amines is 1. The van der Waals surface area contributed by atoms with Gasteiger partial charge in [0.2, 0.25) is 0 Å². The molecular formula is C20H17N5O3. The average molecular weight is 375 g/mol. The molecule has 0 aliphatic heterocycles. The molecule has 3 aromatic heterocycles. The molecular weight excluding hydrogens is 358 g/mol. The van der Waals surface area contributed by atoms with Crippen molar-refractivity contribution in [1.82, 2.24) is 25.0 Å². The molecule has 0 spiro atoms. The van der Waals surface area contributed by atoms with Crippen LogP contribution >= 0.6 is 0 Å². The highest BCUT2D eigenvalue weighted by Crippen LogP contribution is 2.22. The van der Waals surface area contributed by atoms with Crippen LogP contribution in [0.4, 0.5) is 0 Å². The van der Waals surface area contributed by atoms with E-state index >= 15 is 0 Å². The summed E-state index contributed by atoms with van der Waals surface area (Å²) in [6.45, 7) is 0.229. The minimum atomic E-state index is -0.927. The summed E-state index contributed by atoms with van der Waals surface area (Å²) in [6.07, 6.45) is 6.73. The number of carboxylic acid groups (broad SMARTS) is 1. The lowest BCUT2D eigenvalue weighted by atomic mass is 10.1. The SMILES string of the molecule is O=C(O)Cn1cc(-c2cccc(COc3ccc(-c4ccn[nH]4)nc3)c2)cn1. The first-order valence-corrected chi connectivity index (χ1v) is 8.59. The van der Waals surface area contributed by atoms with Crippen molar-refractivity contribution in [1.29, 1.82) is 0 Å². The molecule has 4 aromatic rings. The Morgan fingerprint density at radius 2 is 2.07 bits per heavy atom. The summed E-state index contributed by atoms with van der Waals surface area (Å²) in [5.74, 6) is -0.257. The van der Waals surface area contributed by atoms with Crippen molar-refractivity contribution in [3.63, 3.8) is 0 Å². The van der Waals surface area contributed by atoms with Gasteiger partial charge in [-0.2, -0.15) is 10.2 Å². The fourth-order valence-electron chi connectivity index (χ4n) is 2.77. The van der Waals surface area contributed by atoms with Gasteiger partial charge in [0.25, 0.3) is 0 Å². The number of ether oxygens (including phenoxy) is 1. The molecule has 4 rings (SSSR count). The van der Waals surface area contributed by atoms with Gasteiger partial charge in [-0.15, -0.1) is 0 Å². The van der Waals surface area contributed by atoms with Crippen LogP contribution in [0.25, 0.3) is 22.5 Å². The number of hydrogen-bond donors (Lipinski definition) is 2. The first-order valence-electron chi connectivity index (χ1n) is 8.59. The van der Waals surface area contributed by atoms with Gasteiger partial charge in [0, 0.05) is 18.0 Å². The van der Waals surface area contributed by atoms with Crippen LogP contribution in [0.1, 0.15) is 5.56 Å². The average Bonchev–Trinajstić information content (AvgIpc) is 3.39. The molecule has 8 heteroatoms. The van der Waals surface area contributed by atoms with E-state index < -0.39 is 5.97 Å². The molecule has 0 unspecified atom stereocenters. The van der Waals surface area contributed by atoms with Gasteiger partial charge in [-0.25, -0.2) is 0 Å². The monoisotopic (exact) mass is 375 g/mol. The summed E-state index contributed by atoms with van der Waals surface area (Å²) < 4.78 is 7.22. The maximum atomic E-state index is 10.8. The number of H-pyrrole nitrogens is 1. The van der Waals surface area contributed by atoms with Crippen LogP contribution in [0.2, 0.25) is 0 Å². The summed E-state index contributed by atoms with van der Waals surface area (Å²) in [4.78, 5) is 15.2. The lowest BCUT2D eigenvalue weighted by Gasteiger charge is -2.08. The molecule has 0 aliphatic carbocycles. The molecule has 0 amide bonds. The van der Waals surface area contributed by atoms with E-state index in [1.54, 1.807) is 24.8 Å². The molecule has 0 saturated carbocycles. The Morgan fingerprint density at radius 3 is 2.82 bits per heavy atom. The first kappa shape index (κ1) is 17.5. The topological polar surface area (TPSA) is 106 Å². The van der Waals surface area contributed by atoms with Crippen LogP contribution < -0.4 is 4.74 Å². The molecule has 3 heterocycles. The minimum absolute atomic E-state index is 0.162. The van der Waals surface area contributed by atoms with Crippen LogP contribution in [0.15, 0.2) is 67.3 Å². The quantitative estimate of drug-likeness (QED) is 0.514. The summed E-state index contributed by atoms with van der Waals surface area (Å²) >= 11 is 0. The fourth-order valence-corrected chi connectivity index (χ4v) is 2.77. The lowest BCUT2D eigenvalue weighted by molar-refractivity contribution is -0.137. The maximum absolute atomic E-state index is 10.8. The van der Waals surface area contributed by atoms with Crippen LogP contribution in [0.3, 0.4) is 0 Å². The Kier molecular flexibility index (Phi) is 4.83. The van der Waals surface area contributed by atoms with Crippen molar-refractivity contribution in [3.8, 4) is 28.3 Å². The molecule has 0 atom stereocenters. The summed E-state index contributed by atoms with van der Waals surface area (Å²) in [7, 11) is 0. The van der Waals surface area contributed by atoms with Gasteiger partial charge in [-0.3, -0.25) is 19.6 Å². The second-order valence-electron chi connectivity index (χ2n) is 6.16. The highest BCUT2D eigenvalue weighted by atomic mass is 16.5. The van der Waals surface area contributed by atoms with E-state index in [0.29, 0.717) is 12.4 Å². The number of rotatable bonds is 7. The van der Waals surface area contributed by atoms with Gasteiger partial charge in [-0.1, -0.05) is 18.2 Å². The van der Waals surface area contributed by atoms with Crippen molar-refractivity contribution in [2.75, 3.05) is 0 Å². The number of pyridine rings is 1. The second kappa shape index (κ2) is 7.75. The number of aromatic nitrogens is 5. The van der Waals surface area contributed by atoms with Crippen LogP contribution in [-0.4, -0.2) is 36.0 Å². The van der Waals surface area contributed by atoms with Gasteiger partial charge >= 0.3 is 5.97 Å².